The van der Waals surface area contributed by atoms with Crippen LogP contribution in [0, 0.1) is 0 Å². The van der Waals surface area contributed by atoms with Crippen molar-refractivity contribution in [3.8, 4) is 0 Å². The van der Waals surface area contributed by atoms with Crippen LogP contribution in [0.15, 0.2) is 59.5 Å². The van der Waals surface area contributed by atoms with E-state index < -0.39 is 9.84 Å². The Morgan fingerprint density at radius 3 is 2.15 bits per heavy atom. The number of sulfone groups is 1. The van der Waals surface area contributed by atoms with Crippen LogP contribution in [-0.4, -0.2) is 38.1 Å². The summed E-state index contributed by atoms with van der Waals surface area (Å²) in [5.74, 6) is -0.448. The Labute approximate surface area is 162 Å². The fourth-order valence-electron chi connectivity index (χ4n) is 2.83. The molecule has 1 amide bonds. The van der Waals surface area contributed by atoms with Gasteiger partial charge in [-0.25, -0.2) is 8.42 Å². The number of benzene rings is 2. The maximum Gasteiger partial charge on any atom is 0.221 e. The summed E-state index contributed by atoms with van der Waals surface area (Å²) in [6, 6.07) is 16.2. The van der Waals surface area contributed by atoms with E-state index in [2.05, 4.69) is 30.1 Å². The molecule has 0 unspecified atom stereocenters. The third-order valence-electron chi connectivity index (χ3n) is 4.58. The summed E-state index contributed by atoms with van der Waals surface area (Å²) in [6.07, 6.45) is -0.0462. The second-order valence-electron chi connectivity index (χ2n) is 6.39. The Balaban J connectivity index is 1.91. The smallest absolute Gasteiger partial charge is 0.221 e. The third kappa shape index (κ3) is 6.48. The van der Waals surface area contributed by atoms with Crippen LogP contribution in [0.5, 0.6) is 0 Å². The van der Waals surface area contributed by atoms with Crippen molar-refractivity contribution in [2.75, 3.05) is 18.8 Å². The molecule has 146 valence electrons. The average Bonchev–Trinajstić information content (AvgIpc) is 2.70. The highest BCUT2D eigenvalue weighted by atomic mass is 32.2. The molecule has 5 nitrogen and oxygen atoms in total. The van der Waals surface area contributed by atoms with Crippen LogP contribution in [0.3, 0.4) is 0 Å². The van der Waals surface area contributed by atoms with Crippen molar-refractivity contribution < 1.29 is 13.2 Å². The fraction of sp³-hybridized carbons (Fsp3) is 0.381. The minimum atomic E-state index is -3.44. The summed E-state index contributed by atoms with van der Waals surface area (Å²) >= 11 is 0. The lowest BCUT2D eigenvalue weighted by Crippen LogP contribution is -2.27. The van der Waals surface area contributed by atoms with Crippen LogP contribution in [0.2, 0.25) is 0 Å². The predicted molar refractivity (Wildman–Crippen MR) is 108 cm³/mol. The first kappa shape index (κ1) is 21.1. The van der Waals surface area contributed by atoms with Crippen LogP contribution in [0.4, 0.5) is 0 Å². The first-order valence-electron chi connectivity index (χ1n) is 9.30. The van der Waals surface area contributed by atoms with Crippen molar-refractivity contribution in [1.29, 1.82) is 0 Å². The van der Waals surface area contributed by atoms with E-state index in [4.69, 9.17) is 0 Å². The fourth-order valence-corrected chi connectivity index (χ4v) is 4.09. The molecule has 0 aliphatic rings. The summed E-state index contributed by atoms with van der Waals surface area (Å²) in [5, 5.41) is 2.85. The lowest BCUT2D eigenvalue weighted by atomic mass is 10.1. The third-order valence-corrected chi connectivity index (χ3v) is 6.31. The zero-order chi connectivity index (χ0) is 19.7. The molecule has 0 saturated carbocycles. The predicted octanol–water partition coefficient (Wildman–Crippen LogP) is 3.01. The molecule has 0 aliphatic heterocycles. The molecular formula is C21H28N2O3S. The number of amides is 1. The zero-order valence-corrected chi connectivity index (χ0v) is 16.8. The number of carbonyl (C=O) groups is 1. The van der Waals surface area contributed by atoms with E-state index in [0.717, 1.165) is 25.2 Å². The largest absolute Gasteiger partial charge is 0.352 e. The van der Waals surface area contributed by atoms with Gasteiger partial charge in [-0.2, -0.15) is 0 Å². The van der Waals surface area contributed by atoms with Gasteiger partial charge in [-0.1, -0.05) is 56.3 Å². The summed E-state index contributed by atoms with van der Waals surface area (Å²) in [7, 11) is -3.44. The highest BCUT2D eigenvalue weighted by molar-refractivity contribution is 7.91. The molecule has 2 rings (SSSR count). The molecule has 0 heterocycles. The molecule has 0 aliphatic carbocycles. The number of rotatable bonds is 10. The van der Waals surface area contributed by atoms with Gasteiger partial charge in [-0.3, -0.25) is 9.69 Å². The topological polar surface area (TPSA) is 66.5 Å². The van der Waals surface area contributed by atoms with E-state index in [0.29, 0.717) is 6.54 Å². The van der Waals surface area contributed by atoms with Crippen molar-refractivity contribution in [3.05, 3.63) is 65.7 Å². The Morgan fingerprint density at radius 2 is 1.52 bits per heavy atom. The van der Waals surface area contributed by atoms with Crippen molar-refractivity contribution >= 4 is 15.7 Å². The molecule has 0 fully saturated rings. The quantitative estimate of drug-likeness (QED) is 0.679. The number of nitrogens with zero attached hydrogens (tertiary/aromatic N) is 1. The zero-order valence-electron chi connectivity index (χ0n) is 16.0. The highest BCUT2D eigenvalue weighted by Crippen LogP contribution is 2.13. The monoisotopic (exact) mass is 388 g/mol. The molecule has 0 saturated heterocycles. The maximum atomic E-state index is 12.3. The molecular weight excluding hydrogens is 360 g/mol. The van der Waals surface area contributed by atoms with Crippen LogP contribution in [0.25, 0.3) is 0 Å². The normalized spacial score (nSPS) is 11.5. The minimum Gasteiger partial charge on any atom is -0.352 e. The van der Waals surface area contributed by atoms with Gasteiger partial charge in [-0.05, 0) is 36.3 Å². The maximum absolute atomic E-state index is 12.3. The van der Waals surface area contributed by atoms with Gasteiger partial charge in [0, 0.05) is 19.5 Å². The van der Waals surface area contributed by atoms with Crippen LogP contribution < -0.4 is 5.32 Å². The standard InChI is InChI=1S/C21H28N2O3S/c1-3-23(4-2)17-19-11-9-8-10-18(19)16-22-21(24)14-15-27(25,26)20-12-6-5-7-13-20/h5-13H,3-4,14-17H2,1-2H3,(H,22,24). The molecule has 1 N–H and O–H groups in total. The van der Waals surface area contributed by atoms with E-state index in [1.54, 1.807) is 30.3 Å². The SMILES string of the molecule is CCN(CC)Cc1ccccc1CNC(=O)CCS(=O)(=O)c1ccccc1. The molecule has 2 aromatic carbocycles. The van der Waals surface area contributed by atoms with Crippen molar-refractivity contribution in [2.24, 2.45) is 0 Å². The summed E-state index contributed by atoms with van der Waals surface area (Å²) in [6.45, 7) is 7.42. The van der Waals surface area contributed by atoms with Gasteiger partial charge in [0.25, 0.3) is 0 Å². The molecule has 27 heavy (non-hydrogen) atoms. The van der Waals surface area contributed by atoms with Crippen LogP contribution in [0.1, 0.15) is 31.4 Å². The van der Waals surface area contributed by atoms with E-state index in [9.17, 15) is 13.2 Å². The molecule has 2 aromatic rings. The average molecular weight is 389 g/mol. The Kier molecular flexibility index (Phi) is 8.00. The van der Waals surface area contributed by atoms with Gasteiger partial charge in [0.15, 0.2) is 9.84 Å². The van der Waals surface area contributed by atoms with E-state index >= 15 is 0 Å². The molecule has 0 spiro atoms. The number of hydrogen-bond acceptors (Lipinski definition) is 4. The van der Waals surface area contributed by atoms with Gasteiger partial charge >= 0.3 is 0 Å². The van der Waals surface area contributed by atoms with Gasteiger partial charge in [0.1, 0.15) is 0 Å². The first-order chi connectivity index (χ1) is 13.0. The molecule has 0 bridgehead atoms. The van der Waals surface area contributed by atoms with E-state index in [1.807, 2.05) is 18.2 Å². The lowest BCUT2D eigenvalue weighted by Gasteiger charge is -2.20. The van der Waals surface area contributed by atoms with Gasteiger partial charge in [0.05, 0.1) is 10.6 Å². The second kappa shape index (κ2) is 10.2. The van der Waals surface area contributed by atoms with Crippen LogP contribution >= 0.6 is 0 Å². The number of carbonyl (C=O) groups excluding carboxylic acids is 1. The Bertz CT molecular complexity index is 832. The lowest BCUT2D eigenvalue weighted by molar-refractivity contribution is -0.120. The second-order valence-corrected chi connectivity index (χ2v) is 8.50. The van der Waals surface area contributed by atoms with Crippen LogP contribution in [-0.2, 0) is 27.7 Å². The van der Waals surface area contributed by atoms with Gasteiger partial charge < -0.3 is 5.32 Å². The number of nitrogens with one attached hydrogen (secondary N) is 1. The summed E-state index contributed by atoms with van der Waals surface area (Å²) in [5.41, 5.74) is 2.24. The number of hydrogen-bond donors (Lipinski definition) is 1. The van der Waals surface area contributed by atoms with E-state index in [1.165, 1.54) is 5.56 Å². The molecule has 0 aromatic heterocycles. The molecule has 0 radical (unpaired) electrons. The van der Waals surface area contributed by atoms with E-state index in [-0.39, 0.29) is 23.0 Å². The Hall–Kier alpha value is -2.18. The molecule has 6 heteroatoms. The van der Waals surface area contributed by atoms with Crippen molar-refractivity contribution in [1.82, 2.24) is 10.2 Å². The first-order valence-corrected chi connectivity index (χ1v) is 10.9. The Morgan fingerprint density at radius 1 is 0.926 bits per heavy atom. The summed E-state index contributed by atoms with van der Waals surface area (Å²) in [4.78, 5) is 14.7. The highest BCUT2D eigenvalue weighted by Gasteiger charge is 2.16. The van der Waals surface area contributed by atoms with Gasteiger partial charge in [0.2, 0.25) is 5.91 Å². The minimum absolute atomic E-state index is 0.0462. The molecule has 0 atom stereocenters. The van der Waals surface area contributed by atoms with Crippen molar-refractivity contribution in [3.63, 3.8) is 0 Å². The summed E-state index contributed by atoms with van der Waals surface area (Å²) < 4.78 is 24.5. The van der Waals surface area contributed by atoms with Crippen molar-refractivity contribution in [2.45, 2.75) is 38.3 Å². The van der Waals surface area contributed by atoms with Gasteiger partial charge in [-0.15, -0.1) is 0 Å².